The number of unbranched alkanes of at least 4 members (excludes halogenated alkanes) is 1. The summed E-state index contributed by atoms with van der Waals surface area (Å²) in [6.07, 6.45) is 8.27. The molecule has 3 aromatic rings. The molecular formula is C24H27N3O5S3. The fraction of sp³-hybridized carbons (Fsp3) is 0.333. The molecule has 0 N–H and O–H groups in total. The van der Waals surface area contributed by atoms with E-state index in [0.29, 0.717) is 28.1 Å². The lowest BCUT2D eigenvalue weighted by Crippen LogP contribution is -2.31. The molecule has 186 valence electrons. The molecule has 0 saturated carbocycles. The van der Waals surface area contributed by atoms with Crippen molar-refractivity contribution < 1.29 is 21.6 Å². The van der Waals surface area contributed by atoms with E-state index in [9.17, 15) is 21.6 Å². The van der Waals surface area contributed by atoms with Crippen LogP contribution in [0.2, 0.25) is 0 Å². The molecule has 0 fully saturated rings. The molecule has 0 spiro atoms. The summed E-state index contributed by atoms with van der Waals surface area (Å²) in [5.74, 6) is 1.96. The summed E-state index contributed by atoms with van der Waals surface area (Å²) in [6.45, 7) is 4.73. The zero-order chi connectivity index (χ0) is 25.8. The highest BCUT2D eigenvalue weighted by Crippen LogP contribution is 2.22. The summed E-state index contributed by atoms with van der Waals surface area (Å²) in [5, 5.41) is 0. The van der Waals surface area contributed by atoms with Crippen LogP contribution in [-0.2, 0) is 26.4 Å². The van der Waals surface area contributed by atoms with Crippen LogP contribution in [0.5, 0.6) is 0 Å². The summed E-state index contributed by atoms with van der Waals surface area (Å²) in [6, 6.07) is 10.4. The Morgan fingerprint density at radius 3 is 2.31 bits per heavy atom. The van der Waals surface area contributed by atoms with Gasteiger partial charge in [-0.2, -0.15) is 9.30 Å². The number of terminal acetylenes is 1. The second kappa shape index (κ2) is 10.9. The first kappa shape index (κ1) is 26.8. The third kappa shape index (κ3) is 5.90. The molecule has 0 aliphatic heterocycles. The number of hydrogen-bond acceptors (Lipinski definition) is 6. The largest absolute Gasteiger partial charge is 0.305 e. The van der Waals surface area contributed by atoms with Crippen molar-refractivity contribution in [2.75, 3.05) is 19.3 Å². The summed E-state index contributed by atoms with van der Waals surface area (Å²) >= 11 is 1.15. The smallest absolute Gasteiger partial charge is 0.279 e. The number of nitrogens with zero attached hydrogens (tertiary/aromatic N) is 3. The van der Waals surface area contributed by atoms with Crippen LogP contribution in [-0.4, -0.2) is 51.0 Å². The first-order valence-electron chi connectivity index (χ1n) is 11.0. The number of aromatic nitrogens is 1. The Hall–Kier alpha value is -2.78. The van der Waals surface area contributed by atoms with E-state index in [1.165, 1.54) is 40.7 Å². The number of carbonyl (C=O) groups is 1. The highest BCUT2D eigenvalue weighted by Gasteiger charge is 2.22. The first-order chi connectivity index (χ1) is 16.5. The van der Waals surface area contributed by atoms with Crippen molar-refractivity contribution in [1.82, 2.24) is 8.87 Å². The van der Waals surface area contributed by atoms with Crippen LogP contribution < -0.4 is 4.80 Å². The lowest BCUT2D eigenvalue weighted by atomic mass is 10.2. The Morgan fingerprint density at radius 1 is 1.09 bits per heavy atom. The minimum absolute atomic E-state index is 0.115. The van der Waals surface area contributed by atoms with E-state index in [1.807, 2.05) is 6.92 Å². The number of amides is 1. The zero-order valence-corrected chi connectivity index (χ0v) is 22.2. The van der Waals surface area contributed by atoms with Crippen LogP contribution in [0, 0.1) is 12.3 Å². The van der Waals surface area contributed by atoms with Gasteiger partial charge in [-0.25, -0.2) is 16.8 Å². The predicted molar refractivity (Wildman–Crippen MR) is 137 cm³/mol. The van der Waals surface area contributed by atoms with Crippen molar-refractivity contribution in [2.24, 2.45) is 4.99 Å². The Kier molecular flexibility index (Phi) is 8.33. The van der Waals surface area contributed by atoms with E-state index in [1.54, 1.807) is 17.6 Å². The third-order valence-electron chi connectivity index (χ3n) is 5.38. The van der Waals surface area contributed by atoms with Gasteiger partial charge in [0.25, 0.3) is 5.91 Å². The topological polar surface area (TPSA) is 106 Å². The fourth-order valence-corrected chi connectivity index (χ4v) is 6.74. The lowest BCUT2D eigenvalue weighted by molar-refractivity contribution is 0.0997. The van der Waals surface area contributed by atoms with Crippen molar-refractivity contribution >= 4 is 47.3 Å². The average Bonchev–Trinajstić information content (AvgIpc) is 3.15. The van der Waals surface area contributed by atoms with Crippen LogP contribution in [0.25, 0.3) is 10.2 Å². The number of sulfonamides is 1. The van der Waals surface area contributed by atoms with E-state index in [2.05, 4.69) is 10.9 Å². The Labute approximate surface area is 209 Å². The summed E-state index contributed by atoms with van der Waals surface area (Å²) < 4.78 is 53.3. The Morgan fingerprint density at radius 2 is 1.74 bits per heavy atom. The van der Waals surface area contributed by atoms with Gasteiger partial charge >= 0.3 is 0 Å². The Balaban J connectivity index is 1.98. The van der Waals surface area contributed by atoms with Gasteiger partial charge in [-0.3, -0.25) is 4.79 Å². The number of sulfone groups is 1. The van der Waals surface area contributed by atoms with Crippen molar-refractivity contribution in [3.63, 3.8) is 0 Å². The summed E-state index contributed by atoms with van der Waals surface area (Å²) in [7, 11) is -7.05. The quantitative estimate of drug-likeness (QED) is 0.393. The summed E-state index contributed by atoms with van der Waals surface area (Å²) in [5.41, 5.74) is 0.891. The van der Waals surface area contributed by atoms with Crippen LogP contribution in [0.15, 0.2) is 57.2 Å². The standard InChI is InChI=1S/C24H27N3O5S3/c1-5-8-16-26(7-3)35(31,32)19-11-9-18(10-12-19)23(28)25-24-27(15-6-2)21-14-13-20(34(4,29)30)17-22(21)33-24/h2,9-14,17H,5,7-8,15-16H2,1,3-4H3. The van der Waals surface area contributed by atoms with Crippen LogP contribution in [0.3, 0.4) is 0 Å². The molecule has 3 rings (SSSR count). The molecule has 1 heterocycles. The maximum atomic E-state index is 12.9. The van der Waals surface area contributed by atoms with E-state index in [-0.39, 0.29) is 21.9 Å². The van der Waals surface area contributed by atoms with E-state index in [0.717, 1.165) is 30.4 Å². The van der Waals surface area contributed by atoms with Crippen LogP contribution in [0.4, 0.5) is 0 Å². The molecule has 1 aromatic heterocycles. The molecule has 2 aromatic carbocycles. The highest BCUT2D eigenvalue weighted by atomic mass is 32.2. The molecule has 0 unspecified atom stereocenters. The normalized spacial score (nSPS) is 12.8. The third-order valence-corrected chi connectivity index (χ3v) is 9.52. The minimum atomic E-state index is -3.65. The monoisotopic (exact) mass is 533 g/mol. The van der Waals surface area contributed by atoms with Gasteiger partial charge in [0.05, 0.1) is 26.6 Å². The molecule has 1 amide bonds. The van der Waals surface area contributed by atoms with Crippen molar-refractivity contribution in [2.45, 2.75) is 43.0 Å². The maximum Gasteiger partial charge on any atom is 0.279 e. The van der Waals surface area contributed by atoms with E-state index in [4.69, 9.17) is 6.42 Å². The van der Waals surface area contributed by atoms with Crippen molar-refractivity contribution in [3.05, 3.63) is 52.8 Å². The number of hydrogen-bond donors (Lipinski definition) is 0. The molecule has 0 aliphatic carbocycles. The van der Waals surface area contributed by atoms with Gasteiger partial charge < -0.3 is 4.57 Å². The molecule has 0 radical (unpaired) electrons. The second-order valence-electron chi connectivity index (χ2n) is 7.87. The molecule has 0 aliphatic rings. The predicted octanol–water partition coefficient (Wildman–Crippen LogP) is 3.29. The van der Waals surface area contributed by atoms with Crippen LogP contribution in [0.1, 0.15) is 37.0 Å². The van der Waals surface area contributed by atoms with E-state index < -0.39 is 25.8 Å². The molecular weight excluding hydrogens is 506 g/mol. The number of thiazole rings is 1. The second-order valence-corrected chi connectivity index (χ2v) is 12.8. The lowest BCUT2D eigenvalue weighted by Gasteiger charge is -2.20. The molecule has 8 nitrogen and oxygen atoms in total. The average molecular weight is 534 g/mol. The minimum Gasteiger partial charge on any atom is -0.305 e. The molecule has 11 heteroatoms. The number of carbonyl (C=O) groups excluding carboxylic acids is 1. The SMILES string of the molecule is C#CCn1c(=NC(=O)c2ccc(S(=O)(=O)N(CC)CCCC)cc2)sc2cc(S(C)(=O)=O)ccc21. The van der Waals surface area contributed by atoms with Gasteiger partial charge in [0, 0.05) is 24.9 Å². The van der Waals surface area contributed by atoms with Gasteiger partial charge in [-0.05, 0) is 48.9 Å². The maximum absolute atomic E-state index is 12.9. The first-order valence-corrected chi connectivity index (χ1v) is 15.1. The van der Waals surface area contributed by atoms with Crippen LogP contribution >= 0.6 is 11.3 Å². The van der Waals surface area contributed by atoms with Gasteiger partial charge in [-0.15, -0.1) is 6.42 Å². The van der Waals surface area contributed by atoms with Crippen molar-refractivity contribution in [3.8, 4) is 12.3 Å². The number of fused-ring (bicyclic) bond motifs is 1. The fourth-order valence-electron chi connectivity index (χ4n) is 3.47. The highest BCUT2D eigenvalue weighted by molar-refractivity contribution is 7.90. The van der Waals surface area contributed by atoms with Gasteiger partial charge in [0.1, 0.15) is 0 Å². The van der Waals surface area contributed by atoms with Gasteiger partial charge in [-0.1, -0.05) is 37.5 Å². The summed E-state index contributed by atoms with van der Waals surface area (Å²) in [4.78, 5) is 17.7. The molecule has 0 saturated heterocycles. The van der Waals surface area contributed by atoms with Gasteiger partial charge in [0.2, 0.25) is 10.0 Å². The molecule has 0 bridgehead atoms. The van der Waals surface area contributed by atoms with E-state index >= 15 is 0 Å². The zero-order valence-electron chi connectivity index (χ0n) is 19.8. The Bertz CT molecular complexity index is 1560. The van der Waals surface area contributed by atoms with Gasteiger partial charge in [0.15, 0.2) is 14.6 Å². The number of rotatable bonds is 9. The number of benzene rings is 2. The van der Waals surface area contributed by atoms with Crippen molar-refractivity contribution in [1.29, 1.82) is 0 Å². The molecule has 0 atom stereocenters. The molecule has 35 heavy (non-hydrogen) atoms.